The zero-order valence-corrected chi connectivity index (χ0v) is 13.6. The summed E-state index contributed by atoms with van der Waals surface area (Å²) in [6.45, 7) is 0. The molecular formula is C21H18N2O2. The van der Waals surface area contributed by atoms with Crippen LogP contribution in [0.2, 0.25) is 0 Å². The molecule has 25 heavy (non-hydrogen) atoms. The molecule has 0 heterocycles. The van der Waals surface area contributed by atoms with Crippen molar-refractivity contribution in [3.05, 3.63) is 102 Å². The number of amides is 2. The number of para-hydroxylation sites is 1. The normalized spacial score (nSPS) is 10.3. The van der Waals surface area contributed by atoms with Crippen LogP contribution in [-0.2, 0) is 9.59 Å². The van der Waals surface area contributed by atoms with E-state index < -0.39 is 17.9 Å². The summed E-state index contributed by atoms with van der Waals surface area (Å²) in [5.41, 5.74) is 2.41. The molecule has 0 bridgehead atoms. The molecular weight excluding hydrogens is 312 g/mol. The fourth-order valence-electron chi connectivity index (χ4n) is 2.56. The number of carbonyl (C=O) groups is 2. The molecule has 0 fully saturated rings. The molecule has 3 rings (SSSR count). The van der Waals surface area contributed by atoms with Crippen molar-refractivity contribution in [2.45, 2.75) is 6.04 Å². The molecule has 0 aliphatic carbocycles. The molecule has 2 amide bonds. The van der Waals surface area contributed by atoms with E-state index in [1.165, 1.54) is 0 Å². The maximum Gasteiger partial charge on any atom is 0.313 e. The topological polar surface area (TPSA) is 58.2 Å². The van der Waals surface area contributed by atoms with Crippen molar-refractivity contribution in [3.8, 4) is 0 Å². The van der Waals surface area contributed by atoms with Gasteiger partial charge in [-0.3, -0.25) is 9.59 Å². The summed E-state index contributed by atoms with van der Waals surface area (Å²) in [5, 5.41) is 5.42. The fraction of sp³-hybridized carbons (Fsp3) is 0.0476. The predicted molar refractivity (Wildman–Crippen MR) is 97.9 cm³/mol. The first-order chi connectivity index (χ1) is 12.2. The second-order valence-corrected chi connectivity index (χ2v) is 5.55. The fourth-order valence-corrected chi connectivity index (χ4v) is 2.56. The molecule has 0 atom stereocenters. The molecule has 124 valence electrons. The summed E-state index contributed by atoms with van der Waals surface area (Å²) in [6, 6.07) is 27.6. The lowest BCUT2D eigenvalue weighted by molar-refractivity contribution is -0.136. The second kappa shape index (κ2) is 7.93. The lowest BCUT2D eigenvalue weighted by Gasteiger charge is -2.19. The number of anilines is 1. The van der Waals surface area contributed by atoms with Gasteiger partial charge < -0.3 is 10.6 Å². The van der Waals surface area contributed by atoms with E-state index in [0.717, 1.165) is 11.1 Å². The van der Waals surface area contributed by atoms with Crippen LogP contribution in [0.15, 0.2) is 91.0 Å². The number of carbonyl (C=O) groups excluding carboxylic acids is 2. The zero-order valence-electron chi connectivity index (χ0n) is 13.6. The van der Waals surface area contributed by atoms with Crippen LogP contribution in [0.1, 0.15) is 17.2 Å². The number of rotatable bonds is 4. The lowest BCUT2D eigenvalue weighted by Crippen LogP contribution is -2.38. The van der Waals surface area contributed by atoms with Crippen LogP contribution in [0.5, 0.6) is 0 Å². The van der Waals surface area contributed by atoms with Crippen molar-refractivity contribution >= 4 is 17.5 Å². The Balaban J connectivity index is 1.78. The van der Waals surface area contributed by atoms with Crippen LogP contribution in [0, 0.1) is 0 Å². The van der Waals surface area contributed by atoms with Crippen molar-refractivity contribution in [3.63, 3.8) is 0 Å². The Hall–Kier alpha value is -3.40. The van der Waals surface area contributed by atoms with Gasteiger partial charge in [0.2, 0.25) is 0 Å². The summed E-state index contributed by atoms with van der Waals surface area (Å²) in [6.07, 6.45) is 0. The average Bonchev–Trinajstić information content (AvgIpc) is 2.68. The number of hydrogen-bond donors (Lipinski definition) is 2. The summed E-state index contributed by atoms with van der Waals surface area (Å²) >= 11 is 0. The molecule has 0 aromatic heterocycles. The van der Waals surface area contributed by atoms with Gasteiger partial charge in [0, 0.05) is 5.69 Å². The Labute approximate surface area is 146 Å². The molecule has 0 unspecified atom stereocenters. The monoisotopic (exact) mass is 330 g/mol. The van der Waals surface area contributed by atoms with Gasteiger partial charge >= 0.3 is 11.8 Å². The summed E-state index contributed by atoms with van der Waals surface area (Å²) < 4.78 is 0. The van der Waals surface area contributed by atoms with E-state index in [-0.39, 0.29) is 0 Å². The van der Waals surface area contributed by atoms with Gasteiger partial charge in [0.15, 0.2) is 0 Å². The molecule has 3 aromatic carbocycles. The van der Waals surface area contributed by atoms with E-state index in [0.29, 0.717) is 5.69 Å². The molecule has 0 saturated carbocycles. The van der Waals surface area contributed by atoms with Gasteiger partial charge in [-0.05, 0) is 23.3 Å². The molecule has 0 aliphatic heterocycles. The third kappa shape index (κ3) is 4.32. The van der Waals surface area contributed by atoms with Gasteiger partial charge in [-0.2, -0.15) is 0 Å². The molecule has 4 nitrogen and oxygen atoms in total. The Morgan fingerprint density at radius 3 is 1.52 bits per heavy atom. The van der Waals surface area contributed by atoms with Crippen LogP contribution in [-0.4, -0.2) is 11.8 Å². The minimum atomic E-state index is -0.692. The molecule has 2 N–H and O–H groups in total. The van der Waals surface area contributed by atoms with Gasteiger partial charge in [0.05, 0.1) is 6.04 Å². The van der Waals surface area contributed by atoms with Gasteiger partial charge in [0.25, 0.3) is 0 Å². The molecule has 0 spiro atoms. The molecule has 0 radical (unpaired) electrons. The van der Waals surface area contributed by atoms with Crippen molar-refractivity contribution < 1.29 is 9.59 Å². The van der Waals surface area contributed by atoms with E-state index in [4.69, 9.17) is 0 Å². The van der Waals surface area contributed by atoms with Gasteiger partial charge in [-0.15, -0.1) is 0 Å². The Bertz CT molecular complexity index is 794. The molecule has 4 heteroatoms. The zero-order chi connectivity index (χ0) is 17.5. The van der Waals surface area contributed by atoms with Gasteiger partial charge in [0.1, 0.15) is 0 Å². The smallest absolute Gasteiger partial charge is 0.313 e. The van der Waals surface area contributed by atoms with Crippen LogP contribution in [0.3, 0.4) is 0 Å². The highest BCUT2D eigenvalue weighted by atomic mass is 16.2. The SMILES string of the molecule is O=C(Nc1ccccc1)C(=O)NC(c1ccccc1)c1ccccc1. The Morgan fingerprint density at radius 1 is 0.600 bits per heavy atom. The number of hydrogen-bond acceptors (Lipinski definition) is 2. The second-order valence-electron chi connectivity index (χ2n) is 5.55. The van der Waals surface area contributed by atoms with Crippen molar-refractivity contribution in [1.29, 1.82) is 0 Å². The van der Waals surface area contributed by atoms with E-state index in [1.807, 2.05) is 66.7 Å². The highest BCUT2D eigenvalue weighted by Gasteiger charge is 2.21. The van der Waals surface area contributed by atoms with Crippen LogP contribution in [0.4, 0.5) is 5.69 Å². The minimum Gasteiger partial charge on any atom is -0.337 e. The van der Waals surface area contributed by atoms with Crippen molar-refractivity contribution in [2.24, 2.45) is 0 Å². The van der Waals surface area contributed by atoms with E-state index in [2.05, 4.69) is 10.6 Å². The predicted octanol–water partition coefficient (Wildman–Crippen LogP) is 3.53. The quantitative estimate of drug-likeness (QED) is 0.719. The molecule has 0 aliphatic rings. The van der Waals surface area contributed by atoms with E-state index >= 15 is 0 Å². The average molecular weight is 330 g/mol. The van der Waals surface area contributed by atoms with E-state index in [1.54, 1.807) is 24.3 Å². The Morgan fingerprint density at radius 2 is 1.04 bits per heavy atom. The molecule has 0 saturated heterocycles. The highest BCUT2D eigenvalue weighted by molar-refractivity contribution is 6.39. The maximum atomic E-state index is 12.4. The van der Waals surface area contributed by atoms with Crippen LogP contribution >= 0.6 is 0 Å². The van der Waals surface area contributed by atoms with Crippen molar-refractivity contribution in [1.82, 2.24) is 5.32 Å². The summed E-state index contributed by atoms with van der Waals surface area (Å²) in [5.74, 6) is -1.37. The summed E-state index contributed by atoms with van der Waals surface area (Å²) in [4.78, 5) is 24.6. The Kier molecular flexibility index (Phi) is 5.22. The third-order valence-electron chi connectivity index (χ3n) is 3.78. The van der Waals surface area contributed by atoms with Crippen LogP contribution in [0.25, 0.3) is 0 Å². The maximum absolute atomic E-state index is 12.4. The van der Waals surface area contributed by atoms with Gasteiger partial charge in [-0.25, -0.2) is 0 Å². The number of nitrogens with one attached hydrogen (secondary N) is 2. The highest BCUT2D eigenvalue weighted by Crippen LogP contribution is 2.21. The third-order valence-corrected chi connectivity index (χ3v) is 3.78. The largest absolute Gasteiger partial charge is 0.337 e. The van der Waals surface area contributed by atoms with Crippen LogP contribution < -0.4 is 10.6 Å². The minimum absolute atomic E-state index is 0.392. The van der Waals surface area contributed by atoms with Crippen molar-refractivity contribution in [2.75, 3.05) is 5.32 Å². The molecule has 3 aromatic rings. The van der Waals surface area contributed by atoms with E-state index in [9.17, 15) is 9.59 Å². The first-order valence-corrected chi connectivity index (χ1v) is 8.01. The van der Waals surface area contributed by atoms with Gasteiger partial charge in [-0.1, -0.05) is 78.9 Å². The first kappa shape index (κ1) is 16.5. The first-order valence-electron chi connectivity index (χ1n) is 8.01. The number of benzene rings is 3. The lowest BCUT2D eigenvalue weighted by atomic mass is 9.99. The summed E-state index contributed by atoms with van der Waals surface area (Å²) in [7, 11) is 0. The standard InChI is InChI=1S/C21H18N2O2/c24-20(22-18-14-8-3-9-15-18)21(25)23-19(16-10-4-1-5-11-16)17-12-6-2-7-13-17/h1-15,19H,(H,22,24)(H,23,25).